The molecule has 1 aromatic carbocycles. The fourth-order valence-corrected chi connectivity index (χ4v) is 2.54. The van der Waals surface area contributed by atoms with Gasteiger partial charge in [-0.3, -0.25) is 4.79 Å². The average molecular weight is 377 g/mol. The van der Waals surface area contributed by atoms with Crippen molar-refractivity contribution in [1.29, 1.82) is 0 Å². The Labute approximate surface area is 155 Å². The Morgan fingerprint density at radius 1 is 1.08 bits per heavy atom. The molecule has 8 heteroatoms. The molecule has 0 aromatic heterocycles. The second kappa shape index (κ2) is 8.35. The van der Waals surface area contributed by atoms with Gasteiger partial charge in [0.2, 0.25) is 0 Å². The molecule has 2 rings (SSSR count). The summed E-state index contributed by atoms with van der Waals surface area (Å²) in [6.07, 6.45) is 6.23. The number of allylic oxidation sites excluding steroid dienone is 2. The van der Waals surface area contributed by atoms with Crippen LogP contribution in [0.15, 0.2) is 53.9 Å². The molecule has 1 N–H and O–H groups in total. The van der Waals surface area contributed by atoms with E-state index in [1.807, 2.05) is 0 Å². The summed E-state index contributed by atoms with van der Waals surface area (Å²) in [5.41, 5.74) is 0.631. The first-order valence-electron chi connectivity index (χ1n) is 7.51. The van der Waals surface area contributed by atoms with Crippen LogP contribution >= 0.6 is 11.6 Å². The van der Waals surface area contributed by atoms with E-state index in [0.717, 1.165) is 0 Å². The quantitative estimate of drug-likeness (QED) is 0.811. The van der Waals surface area contributed by atoms with E-state index in [-0.39, 0.29) is 27.8 Å². The first kappa shape index (κ1) is 19.3. The van der Waals surface area contributed by atoms with Crippen molar-refractivity contribution in [3.63, 3.8) is 0 Å². The number of halogens is 1. The largest absolute Gasteiger partial charge is 0.465 e. The third-order valence-electron chi connectivity index (χ3n) is 3.59. The third kappa shape index (κ3) is 3.78. The van der Waals surface area contributed by atoms with E-state index in [1.54, 1.807) is 24.4 Å². The van der Waals surface area contributed by atoms with Crippen LogP contribution < -0.4 is 10.2 Å². The summed E-state index contributed by atoms with van der Waals surface area (Å²) in [6, 6.07) is 4.65. The van der Waals surface area contributed by atoms with Crippen molar-refractivity contribution in [2.75, 3.05) is 26.2 Å². The highest BCUT2D eigenvalue weighted by atomic mass is 35.5. The van der Waals surface area contributed by atoms with Gasteiger partial charge in [-0.2, -0.15) is 0 Å². The number of hydrogen-bond acceptors (Lipinski definition) is 6. The second-order valence-corrected chi connectivity index (χ2v) is 5.47. The summed E-state index contributed by atoms with van der Waals surface area (Å²) in [5, 5.41) is 2.75. The lowest BCUT2D eigenvalue weighted by Crippen LogP contribution is -2.27. The molecular formula is C18H17ClN2O5. The van der Waals surface area contributed by atoms with Crippen molar-refractivity contribution in [2.45, 2.75) is 0 Å². The van der Waals surface area contributed by atoms with Crippen LogP contribution in [0, 0.1) is 0 Å². The fraction of sp³-hybridized carbons (Fsp3) is 0.167. The minimum atomic E-state index is -0.738. The lowest BCUT2D eigenvalue weighted by Gasteiger charge is -2.23. The maximum Gasteiger partial charge on any atom is 0.355 e. The Morgan fingerprint density at radius 2 is 1.77 bits per heavy atom. The Hall–Kier alpha value is -3.06. The third-order valence-corrected chi connectivity index (χ3v) is 3.92. The minimum absolute atomic E-state index is 0.0146. The van der Waals surface area contributed by atoms with Gasteiger partial charge in [-0.05, 0) is 30.4 Å². The van der Waals surface area contributed by atoms with Crippen molar-refractivity contribution in [3.05, 3.63) is 64.5 Å². The minimum Gasteiger partial charge on any atom is -0.465 e. The van der Waals surface area contributed by atoms with E-state index >= 15 is 0 Å². The molecular weight excluding hydrogens is 360 g/mol. The van der Waals surface area contributed by atoms with Gasteiger partial charge in [0, 0.05) is 18.9 Å². The highest BCUT2D eigenvalue weighted by Crippen LogP contribution is 2.29. The molecule has 1 amide bonds. The lowest BCUT2D eigenvalue weighted by atomic mass is 10.1. The van der Waals surface area contributed by atoms with E-state index < -0.39 is 11.9 Å². The molecule has 0 unspecified atom stereocenters. The molecule has 0 spiro atoms. The lowest BCUT2D eigenvalue weighted by molar-refractivity contribution is -0.139. The molecule has 7 nitrogen and oxygen atoms in total. The number of carbonyl (C=O) groups excluding carboxylic acids is 3. The number of benzene rings is 1. The van der Waals surface area contributed by atoms with E-state index in [0.29, 0.717) is 5.69 Å². The Kier molecular flexibility index (Phi) is 6.19. The molecule has 26 heavy (non-hydrogen) atoms. The van der Waals surface area contributed by atoms with Gasteiger partial charge in [-0.25, -0.2) is 9.59 Å². The number of rotatable bonds is 4. The SMILES string of the molecule is CNC(=O)c1cc(N2C=CC=CC(C(=O)OC)=C2C(=O)OC)ccc1Cl. The number of hydrogen-bond donors (Lipinski definition) is 1. The van der Waals surface area contributed by atoms with Crippen molar-refractivity contribution < 1.29 is 23.9 Å². The zero-order valence-electron chi connectivity index (χ0n) is 14.4. The number of ether oxygens (including phenoxy) is 2. The number of nitrogens with zero attached hydrogens (tertiary/aromatic N) is 1. The molecule has 0 radical (unpaired) electrons. The van der Waals surface area contributed by atoms with Gasteiger partial charge in [-0.15, -0.1) is 0 Å². The molecule has 1 heterocycles. The van der Waals surface area contributed by atoms with Crippen LogP contribution in [0.25, 0.3) is 0 Å². The van der Waals surface area contributed by atoms with E-state index in [9.17, 15) is 14.4 Å². The molecule has 1 aliphatic heterocycles. The van der Waals surface area contributed by atoms with Gasteiger partial charge in [0.15, 0.2) is 0 Å². The molecule has 0 saturated carbocycles. The smallest absolute Gasteiger partial charge is 0.355 e. The van der Waals surface area contributed by atoms with Crippen LogP contribution in [0.4, 0.5) is 5.69 Å². The number of nitrogens with one attached hydrogen (secondary N) is 1. The summed E-state index contributed by atoms with van der Waals surface area (Å²) in [7, 11) is 3.90. The van der Waals surface area contributed by atoms with Crippen molar-refractivity contribution in [2.24, 2.45) is 0 Å². The van der Waals surface area contributed by atoms with Gasteiger partial charge in [0.25, 0.3) is 5.91 Å². The predicted octanol–water partition coefficient (Wildman–Crippen LogP) is 2.19. The average Bonchev–Trinajstić information content (AvgIpc) is 2.89. The number of anilines is 1. The molecule has 1 aliphatic rings. The summed E-state index contributed by atoms with van der Waals surface area (Å²) in [4.78, 5) is 37.9. The first-order valence-corrected chi connectivity index (χ1v) is 7.89. The normalized spacial score (nSPS) is 13.3. The van der Waals surface area contributed by atoms with Gasteiger partial charge < -0.3 is 19.7 Å². The summed E-state index contributed by atoms with van der Waals surface area (Å²) in [6.45, 7) is 0. The molecule has 1 aromatic rings. The van der Waals surface area contributed by atoms with Crippen molar-refractivity contribution in [1.82, 2.24) is 5.32 Å². The topological polar surface area (TPSA) is 84.9 Å². The van der Waals surface area contributed by atoms with E-state index in [2.05, 4.69) is 5.32 Å². The van der Waals surface area contributed by atoms with Gasteiger partial charge in [0.1, 0.15) is 5.70 Å². The zero-order valence-corrected chi connectivity index (χ0v) is 15.2. The standard InChI is InChI=1S/C18H17ClN2O5/c1-20-16(22)13-10-11(7-8-14(13)19)21-9-5-4-6-12(17(23)25-2)15(21)18(24)26-3/h4-10H,1-3H3,(H,20,22). The van der Waals surface area contributed by atoms with E-state index in [4.69, 9.17) is 21.1 Å². The van der Waals surface area contributed by atoms with Gasteiger partial charge in [0.05, 0.1) is 30.4 Å². The van der Waals surface area contributed by atoms with Crippen LogP contribution in [0.2, 0.25) is 5.02 Å². The summed E-state index contributed by atoms with van der Waals surface area (Å²) < 4.78 is 9.58. The van der Waals surface area contributed by atoms with E-state index in [1.165, 1.54) is 44.4 Å². The maximum atomic E-state index is 12.4. The monoisotopic (exact) mass is 376 g/mol. The van der Waals surface area contributed by atoms with Gasteiger partial charge >= 0.3 is 11.9 Å². The molecule has 0 atom stereocenters. The van der Waals surface area contributed by atoms with Crippen LogP contribution in [0.3, 0.4) is 0 Å². The fourth-order valence-electron chi connectivity index (χ4n) is 2.34. The van der Waals surface area contributed by atoms with Crippen LogP contribution in [-0.4, -0.2) is 39.1 Å². The highest BCUT2D eigenvalue weighted by Gasteiger charge is 2.28. The van der Waals surface area contributed by atoms with Crippen LogP contribution in [0.1, 0.15) is 10.4 Å². The molecule has 0 aliphatic carbocycles. The van der Waals surface area contributed by atoms with Crippen molar-refractivity contribution >= 4 is 35.1 Å². The molecule has 0 fully saturated rings. The Balaban J connectivity index is 2.67. The number of esters is 2. The maximum absolute atomic E-state index is 12.4. The highest BCUT2D eigenvalue weighted by molar-refractivity contribution is 6.34. The molecule has 0 bridgehead atoms. The van der Waals surface area contributed by atoms with Gasteiger partial charge in [-0.1, -0.05) is 17.7 Å². The predicted molar refractivity (Wildman–Crippen MR) is 96.7 cm³/mol. The summed E-state index contributed by atoms with van der Waals surface area (Å²) >= 11 is 6.08. The first-order chi connectivity index (χ1) is 12.4. The second-order valence-electron chi connectivity index (χ2n) is 5.06. The van der Waals surface area contributed by atoms with Crippen LogP contribution in [-0.2, 0) is 19.1 Å². The number of carbonyl (C=O) groups is 3. The number of methoxy groups -OCH3 is 2. The van der Waals surface area contributed by atoms with Crippen molar-refractivity contribution in [3.8, 4) is 0 Å². The van der Waals surface area contributed by atoms with Crippen LogP contribution in [0.5, 0.6) is 0 Å². The molecule has 136 valence electrons. The number of amides is 1. The summed E-state index contributed by atoms with van der Waals surface area (Å²) in [5.74, 6) is -1.82. The Bertz CT molecular complexity index is 842. The Morgan fingerprint density at radius 3 is 2.38 bits per heavy atom. The molecule has 0 saturated heterocycles. The zero-order chi connectivity index (χ0) is 19.3.